The first-order valence-corrected chi connectivity index (χ1v) is 9.55. The summed E-state index contributed by atoms with van der Waals surface area (Å²) in [6.45, 7) is 0. The second-order valence-electron chi connectivity index (χ2n) is 5.97. The normalized spacial score (nSPS) is 10.3. The summed E-state index contributed by atoms with van der Waals surface area (Å²) in [6, 6.07) is 12.4. The summed E-state index contributed by atoms with van der Waals surface area (Å²) in [4.78, 5) is 25.8. The van der Waals surface area contributed by atoms with E-state index >= 15 is 0 Å². The van der Waals surface area contributed by atoms with Crippen LogP contribution in [0.25, 0.3) is 10.4 Å². The fraction of sp³-hybridized carbons (Fsp3) is 0.143. The molecule has 9 heteroatoms. The predicted octanol–water partition coefficient (Wildman–Crippen LogP) is 3.65. The average Bonchev–Trinajstić information content (AvgIpc) is 3.26. The molecule has 0 bridgehead atoms. The molecule has 2 amide bonds. The van der Waals surface area contributed by atoms with Crippen molar-refractivity contribution in [1.82, 2.24) is 10.9 Å². The number of benzene rings is 2. The summed E-state index contributed by atoms with van der Waals surface area (Å²) in [5.41, 5.74) is 5.29. The quantitative estimate of drug-likeness (QED) is 0.583. The summed E-state index contributed by atoms with van der Waals surface area (Å²) in [6.07, 6.45) is 0. The first-order chi connectivity index (χ1) is 14.5. The highest BCUT2D eigenvalue weighted by molar-refractivity contribution is 7.17. The molecule has 1 aromatic heterocycles. The summed E-state index contributed by atoms with van der Waals surface area (Å²) in [7, 11) is 4.33. The average molecular weight is 430 g/mol. The molecule has 0 saturated heterocycles. The Morgan fingerprint density at radius 2 is 1.50 bits per heavy atom. The Labute approximate surface area is 176 Å². The van der Waals surface area contributed by atoms with Crippen LogP contribution in [0.1, 0.15) is 20.0 Å². The van der Waals surface area contributed by atoms with E-state index < -0.39 is 11.8 Å². The maximum absolute atomic E-state index is 13.9. The summed E-state index contributed by atoms with van der Waals surface area (Å²) < 4.78 is 29.6. The topological polar surface area (TPSA) is 85.9 Å². The number of hydrogen-bond donors (Lipinski definition) is 2. The Balaban J connectivity index is 1.71. The minimum absolute atomic E-state index is 0.197. The SMILES string of the molecule is COc1cc(C(=O)NNC(=O)c2ccc(-c3ccccc3F)s2)cc(OC)c1OC. The molecule has 2 N–H and O–H groups in total. The smallest absolute Gasteiger partial charge is 0.279 e. The molecule has 30 heavy (non-hydrogen) atoms. The van der Waals surface area contributed by atoms with Crippen LogP contribution in [0.3, 0.4) is 0 Å². The fourth-order valence-corrected chi connectivity index (χ4v) is 3.65. The van der Waals surface area contributed by atoms with E-state index in [0.717, 1.165) is 11.3 Å². The number of amides is 2. The van der Waals surface area contributed by atoms with Gasteiger partial charge in [0.15, 0.2) is 11.5 Å². The molecule has 0 atom stereocenters. The van der Waals surface area contributed by atoms with Gasteiger partial charge >= 0.3 is 0 Å². The summed E-state index contributed by atoms with van der Waals surface area (Å²) in [5.74, 6) is -0.513. The van der Waals surface area contributed by atoms with Gasteiger partial charge in [-0.1, -0.05) is 18.2 Å². The lowest BCUT2D eigenvalue weighted by Crippen LogP contribution is -2.41. The molecular formula is C21H19FN2O5S. The van der Waals surface area contributed by atoms with Crippen LogP contribution in [0.4, 0.5) is 4.39 Å². The molecule has 7 nitrogen and oxygen atoms in total. The number of carbonyl (C=O) groups is 2. The van der Waals surface area contributed by atoms with Gasteiger partial charge in [-0.25, -0.2) is 4.39 Å². The monoisotopic (exact) mass is 430 g/mol. The second-order valence-corrected chi connectivity index (χ2v) is 7.05. The lowest BCUT2D eigenvalue weighted by atomic mass is 10.1. The van der Waals surface area contributed by atoms with Crippen molar-refractivity contribution in [2.24, 2.45) is 0 Å². The number of carbonyl (C=O) groups excluding carboxylic acids is 2. The van der Waals surface area contributed by atoms with Gasteiger partial charge in [0.25, 0.3) is 11.8 Å². The van der Waals surface area contributed by atoms with Crippen LogP contribution in [-0.2, 0) is 0 Å². The van der Waals surface area contributed by atoms with Crippen molar-refractivity contribution < 1.29 is 28.2 Å². The first kappa shape index (κ1) is 21.1. The molecule has 2 aromatic carbocycles. The maximum Gasteiger partial charge on any atom is 0.279 e. The third kappa shape index (κ3) is 4.36. The Morgan fingerprint density at radius 1 is 0.867 bits per heavy atom. The van der Waals surface area contributed by atoms with Crippen molar-refractivity contribution in [2.45, 2.75) is 0 Å². The molecule has 0 fully saturated rings. The van der Waals surface area contributed by atoms with Crippen LogP contribution in [0.5, 0.6) is 17.2 Å². The maximum atomic E-state index is 13.9. The molecule has 0 unspecified atom stereocenters. The molecule has 3 rings (SSSR count). The minimum atomic E-state index is -0.575. The van der Waals surface area contributed by atoms with E-state index in [4.69, 9.17) is 14.2 Å². The lowest BCUT2D eigenvalue weighted by Gasteiger charge is -2.14. The van der Waals surface area contributed by atoms with Crippen LogP contribution in [0.2, 0.25) is 0 Å². The molecule has 1 heterocycles. The van der Waals surface area contributed by atoms with Crippen molar-refractivity contribution >= 4 is 23.2 Å². The van der Waals surface area contributed by atoms with Crippen molar-refractivity contribution in [3.8, 4) is 27.7 Å². The molecule has 3 aromatic rings. The zero-order valence-corrected chi connectivity index (χ0v) is 17.3. The highest BCUT2D eigenvalue weighted by Gasteiger charge is 2.18. The van der Waals surface area contributed by atoms with E-state index in [1.807, 2.05) is 0 Å². The Hall–Kier alpha value is -3.59. The Morgan fingerprint density at radius 3 is 2.10 bits per heavy atom. The third-order valence-electron chi connectivity index (χ3n) is 4.19. The number of thiophene rings is 1. The standard InChI is InChI=1S/C21H19FN2O5S/c1-27-15-10-12(11-16(28-2)19(15)29-3)20(25)23-24-21(26)18-9-8-17(30-18)13-6-4-5-7-14(13)22/h4-11H,1-3H3,(H,23,25)(H,24,26). The van der Waals surface area contributed by atoms with Gasteiger partial charge in [0.1, 0.15) is 5.82 Å². The Bertz CT molecular complexity index is 1060. The van der Waals surface area contributed by atoms with Crippen molar-refractivity contribution in [3.63, 3.8) is 0 Å². The first-order valence-electron chi connectivity index (χ1n) is 8.74. The largest absolute Gasteiger partial charge is 0.493 e. The number of methoxy groups -OCH3 is 3. The summed E-state index contributed by atoms with van der Waals surface area (Å²) >= 11 is 1.11. The summed E-state index contributed by atoms with van der Waals surface area (Å²) in [5, 5.41) is 0. The molecule has 0 saturated carbocycles. The number of rotatable bonds is 6. The van der Waals surface area contributed by atoms with Gasteiger partial charge in [-0.2, -0.15) is 0 Å². The predicted molar refractivity (Wildman–Crippen MR) is 111 cm³/mol. The van der Waals surface area contributed by atoms with Crippen LogP contribution < -0.4 is 25.1 Å². The molecule has 0 radical (unpaired) electrons. The highest BCUT2D eigenvalue weighted by atomic mass is 32.1. The highest BCUT2D eigenvalue weighted by Crippen LogP contribution is 2.38. The second kappa shape index (κ2) is 9.27. The number of halogens is 1. The number of nitrogens with one attached hydrogen (secondary N) is 2. The van der Waals surface area contributed by atoms with Crippen LogP contribution in [0, 0.1) is 5.82 Å². The zero-order chi connectivity index (χ0) is 21.7. The molecule has 156 valence electrons. The van der Waals surface area contributed by atoms with Gasteiger partial charge in [0, 0.05) is 16.0 Å². The van der Waals surface area contributed by atoms with Gasteiger partial charge in [0.05, 0.1) is 26.2 Å². The molecular weight excluding hydrogens is 411 g/mol. The van der Waals surface area contributed by atoms with Gasteiger partial charge in [-0.15, -0.1) is 11.3 Å². The molecule has 0 spiro atoms. The van der Waals surface area contributed by atoms with E-state index in [9.17, 15) is 14.0 Å². The van der Waals surface area contributed by atoms with Crippen molar-refractivity contribution in [1.29, 1.82) is 0 Å². The fourth-order valence-electron chi connectivity index (χ4n) is 2.73. The molecule has 0 aliphatic rings. The Kier molecular flexibility index (Phi) is 6.53. The van der Waals surface area contributed by atoms with E-state index in [-0.39, 0.29) is 11.4 Å². The van der Waals surface area contributed by atoms with Crippen molar-refractivity contribution in [3.05, 3.63) is 64.8 Å². The zero-order valence-electron chi connectivity index (χ0n) is 16.4. The van der Waals surface area contributed by atoms with Crippen molar-refractivity contribution in [2.75, 3.05) is 21.3 Å². The van der Waals surface area contributed by atoms with Gasteiger partial charge in [0.2, 0.25) is 5.75 Å². The van der Waals surface area contributed by atoms with Gasteiger partial charge in [-0.3, -0.25) is 20.4 Å². The van der Waals surface area contributed by atoms with E-state index in [0.29, 0.717) is 32.6 Å². The molecule has 0 aliphatic carbocycles. The van der Waals surface area contributed by atoms with Gasteiger partial charge < -0.3 is 14.2 Å². The number of ether oxygens (including phenoxy) is 3. The van der Waals surface area contributed by atoms with E-state index in [1.54, 1.807) is 30.3 Å². The van der Waals surface area contributed by atoms with E-state index in [1.165, 1.54) is 39.5 Å². The van der Waals surface area contributed by atoms with Crippen LogP contribution >= 0.6 is 11.3 Å². The molecule has 0 aliphatic heterocycles. The number of hydrogen-bond acceptors (Lipinski definition) is 6. The van der Waals surface area contributed by atoms with Gasteiger partial charge in [-0.05, 0) is 30.3 Å². The lowest BCUT2D eigenvalue weighted by molar-refractivity contribution is 0.0848. The number of hydrazine groups is 1. The minimum Gasteiger partial charge on any atom is -0.493 e. The van der Waals surface area contributed by atoms with Crippen LogP contribution in [-0.4, -0.2) is 33.1 Å². The van der Waals surface area contributed by atoms with E-state index in [2.05, 4.69) is 10.9 Å². The van der Waals surface area contributed by atoms with Crippen LogP contribution in [0.15, 0.2) is 48.5 Å². The third-order valence-corrected chi connectivity index (χ3v) is 5.30.